The van der Waals surface area contributed by atoms with Crippen molar-refractivity contribution in [2.45, 2.75) is 45.8 Å². The van der Waals surface area contributed by atoms with Crippen LogP contribution in [-0.4, -0.2) is 34.7 Å². The first-order chi connectivity index (χ1) is 10.0. The molecule has 1 unspecified atom stereocenters. The van der Waals surface area contributed by atoms with E-state index in [1.54, 1.807) is 0 Å². The lowest BCUT2D eigenvalue weighted by Gasteiger charge is -2.19. The normalized spacial score (nSPS) is 12.8. The Bertz CT molecular complexity index is 619. The minimum atomic E-state index is -0.296. The van der Waals surface area contributed by atoms with Crippen molar-refractivity contribution >= 4 is 17.0 Å². The van der Waals surface area contributed by atoms with E-state index in [9.17, 15) is 4.79 Å². The molecule has 5 heteroatoms. The number of ether oxygens (including phenoxy) is 1. The summed E-state index contributed by atoms with van der Waals surface area (Å²) in [5.74, 6) is 0.745. The van der Waals surface area contributed by atoms with Gasteiger partial charge in [0.15, 0.2) is 0 Å². The van der Waals surface area contributed by atoms with Gasteiger partial charge in [0, 0.05) is 12.6 Å². The maximum atomic E-state index is 11.8. The van der Waals surface area contributed by atoms with Gasteiger partial charge in [-0.2, -0.15) is 0 Å². The predicted octanol–water partition coefficient (Wildman–Crippen LogP) is 2.27. The SMILES string of the molecule is COC(=O)C(CCn1c(C)nc2ccccc21)NC(C)C. The summed E-state index contributed by atoms with van der Waals surface area (Å²) in [4.78, 5) is 16.4. The molecule has 0 saturated heterocycles. The fraction of sp³-hybridized carbons (Fsp3) is 0.500. The second-order valence-electron chi connectivity index (χ2n) is 5.49. The van der Waals surface area contributed by atoms with Crippen molar-refractivity contribution in [3.8, 4) is 0 Å². The monoisotopic (exact) mass is 289 g/mol. The lowest BCUT2D eigenvalue weighted by atomic mass is 10.1. The molecule has 1 N–H and O–H groups in total. The van der Waals surface area contributed by atoms with Crippen LogP contribution in [0.3, 0.4) is 0 Å². The van der Waals surface area contributed by atoms with Gasteiger partial charge in [-0.05, 0) is 25.5 Å². The van der Waals surface area contributed by atoms with E-state index in [0.717, 1.165) is 23.4 Å². The fourth-order valence-corrected chi connectivity index (χ4v) is 2.55. The second-order valence-corrected chi connectivity index (χ2v) is 5.49. The molecule has 2 aromatic rings. The predicted molar refractivity (Wildman–Crippen MR) is 83.2 cm³/mol. The van der Waals surface area contributed by atoms with Crippen LogP contribution in [0.4, 0.5) is 0 Å². The minimum absolute atomic E-state index is 0.217. The lowest BCUT2D eigenvalue weighted by Crippen LogP contribution is -2.42. The van der Waals surface area contributed by atoms with Crippen molar-refractivity contribution in [1.82, 2.24) is 14.9 Å². The van der Waals surface area contributed by atoms with Crippen molar-refractivity contribution in [3.05, 3.63) is 30.1 Å². The van der Waals surface area contributed by atoms with Crippen molar-refractivity contribution in [1.29, 1.82) is 0 Å². The van der Waals surface area contributed by atoms with E-state index < -0.39 is 0 Å². The molecule has 0 aliphatic heterocycles. The summed E-state index contributed by atoms with van der Waals surface area (Å²) in [5.41, 5.74) is 2.09. The summed E-state index contributed by atoms with van der Waals surface area (Å²) in [6, 6.07) is 7.98. The number of hydrogen-bond donors (Lipinski definition) is 1. The van der Waals surface area contributed by atoms with Crippen LogP contribution in [0, 0.1) is 6.92 Å². The molecule has 0 aliphatic rings. The molecule has 1 aromatic heterocycles. The number of carbonyl (C=O) groups is 1. The van der Waals surface area contributed by atoms with Crippen LogP contribution in [0.5, 0.6) is 0 Å². The molecule has 0 saturated carbocycles. The second kappa shape index (κ2) is 6.72. The molecule has 0 amide bonds. The molecule has 0 fully saturated rings. The van der Waals surface area contributed by atoms with Gasteiger partial charge in [-0.15, -0.1) is 0 Å². The number of methoxy groups -OCH3 is 1. The number of para-hydroxylation sites is 2. The van der Waals surface area contributed by atoms with Crippen molar-refractivity contribution in [2.75, 3.05) is 7.11 Å². The number of nitrogens with one attached hydrogen (secondary N) is 1. The topological polar surface area (TPSA) is 56.2 Å². The molecule has 114 valence electrons. The number of imidazole rings is 1. The molecule has 1 aromatic carbocycles. The van der Waals surface area contributed by atoms with Gasteiger partial charge in [0.1, 0.15) is 11.9 Å². The Labute approximate surface area is 125 Å². The maximum absolute atomic E-state index is 11.8. The van der Waals surface area contributed by atoms with E-state index in [0.29, 0.717) is 6.42 Å². The molecule has 0 bridgehead atoms. The summed E-state index contributed by atoms with van der Waals surface area (Å²) in [7, 11) is 1.43. The Morgan fingerprint density at radius 3 is 2.76 bits per heavy atom. The van der Waals surface area contributed by atoms with E-state index in [1.165, 1.54) is 7.11 Å². The third-order valence-electron chi connectivity index (χ3n) is 3.51. The zero-order valence-corrected chi connectivity index (χ0v) is 13.1. The highest BCUT2D eigenvalue weighted by molar-refractivity contribution is 5.76. The molecule has 2 rings (SSSR count). The highest BCUT2D eigenvalue weighted by Crippen LogP contribution is 2.16. The van der Waals surface area contributed by atoms with Gasteiger partial charge in [-0.25, -0.2) is 4.98 Å². The van der Waals surface area contributed by atoms with Crippen molar-refractivity contribution in [3.63, 3.8) is 0 Å². The standard InChI is InChI=1S/C16H23N3O2/c1-11(2)17-14(16(20)21-4)9-10-19-12(3)18-13-7-5-6-8-15(13)19/h5-8,11,14,17H,9-10H2,1-4H3. The van der Waals surface area contributed by atoms with Crippen molar-refractivity contribution in [2.24, 2.45) is 0 Å². The van der Waals surface area contributed by atoms with Gasteiger partial charge in [0.25, 0.3) is 0 Å². The summed E-state index contributed by atoms with van der Waals surface area (Å²) >= 11 is 0. The molecule has 0 radical (unpaired) electrons. The molecule has 0 aliphatic carbocycles. The largest absolute Gasteiger partial charge is 0.468 e. The maximum Gasteiger partial charge on any atom is 0.322 e. The number of aryl methyl sites for hydroxylation is 2. The zero-order valence-electron chi connectivity index (χ0n) is 13.1. The van der Waals surface area contributed by atoms with Gasteiger partial charge in [0.2, 0.25) is 0 Å². The minimum Gasteiger partial charge on any atom is -0.468 e. The third-order valence-corrected chi connectivity index (χ3v) is 3.51. The first-order valence-corrected chi connectivity index (χ1v) is 7.28. The molecule has 5 nitrogen and oxygen atoms in total. The highest BCUT2D eigenvalue weighted by Gasteiger charge is 2.20. The van der Waals surface area contributed by atoms with E-state index in [-0.39, 0.29) is 18.1 Å². The molecule has 0 spiro atoms. The van der Waals surface area contributed by atoms with Crippen LogP contribution in [0.25, 0.3) is 11.0 Å². The van der Waals surface area contributed by atoms with E-state index in [4.69, 9.17) is 4.74 Å². The van der Waals surface area contributed by atoms with Crippen LogP contribution in [0.1, 0.15) is 26.1 Å². The number of aromatic nitrogens is 2. The lowest BCUT2D eigenvalue weighted by molar-refractivity contribution is -0.143. The summed E-state index contributed by atoms with van der Waals surface area (Å²) in [6.07, 6.45) is 0.673. The Hall–Kier alpha value is -1.88. The Morgan fingerprint density at radius 2 is 2.10 bits per heavy atom. The van der Waals surface area contributed by atoms with E-state index >= 15 is 0 Å². The van der Waals surface area contributed by atoms with Crippen LogP contribution in [0.15, 0.2) is 24.3 Å². The zero-order chi connectivity index (χ0) is 15.4. The first kappa shape index (κ1) is 15.5. The molecular weight excluding hydrogens is 266 g/mol. The number of nitrogens with zero attached hydrogens (tertiary/aromatic N) is 2. The molecule has 21 heavy (non-hydrogen) atoms. The number of fused-ring (bicyclic) bond motifs is 1. The first-order valence-electron chi connectivity index (χ1n) is 7.28. The number of rotatable bonds is 6. The summed E-state index contributed by atoms with van der Waals surface area (Å²) in [5, 5.41) is 3.25. The van der Waals surface area contributed by atoms with Gasteiger partial charge < -0.3 is 14.6 Å². The number of hydrogen-bond acceptors (Lipinski definition) is 4. The summed E-state index contributed by atoms with van der Waals surface area (Å²) in [6.45, 7) is 6.76. The van der Waals surface area contributed by atoms with Crippen LogP contribution in [0.2, 0.25) is 0 Å². The molecular formula is C16H23N3O2. The van der Waals surface area contributed by atoms with E-state index in [1.807, 2.05) is 39.0 Å². The average molecular weight is 289 g/mol. The Kier molecular flexibility index (Phi) is 4.96. The number of carbonyl (C=O) groups excluding carboxylic acids is 1. The average Bonchev–Trinajstić information content (AvgIpc) is 2.77. The van der Waals surface area contributed by atoms with Gasteiger partial charge in [-0.1, -0.05) is 26.0 Å². The van der Waals surface area contributed by atoms with Gasteiger partial charge in [0.05, 0.1) is 18.1 Å². The summed E-state index contributed by atoms with van der Waals surface area (Å²) < 4.78 is 7.02. The van der Waals surface area contributed by atoms with Crippen LogP contribution < -0.4 is 5.32 Å². The quantitative estimate of drug-likeness (QED) is 0.829. The van der Waals surface area contributed by atoms with E-state index in [2.05, 4.69) is 20.9 Å². The fourth-order valence-electron chi connectivity index (χ4n) is 2.55. The van der Waals surface area contributed by atoms with Gasteiger partial charge in [-0.3, -0.25) is 4.79 Å². The molecule has 1 heterocycles. The Balaban J connectivity index is 2.15. The van der Waals surface area contributed by atoms with Crippen molar-refractivity contribution < 1.29 is 9.53 Å². The molecule has 1 atom stereocenters. The third kappa shape index (κ3) is 3.61. The van der Waals surface area contributed by atoms with Crippen LogP contribution >= 0.6 is 0 Å². The van der Waals surface area contributed by atoms with Gasteiger partial charge >= 0.3 is 5.97 Å². The number of esters is 1. The Morgan fingerprint density at radius 1 is 1.38 bits per heavy atom. The highest BCUT2D eigenvalue weighted by atomic mass is 16.5. The smallest absolute Gasteiger partial charge is 0.322 e. The van der Waals surface area contributed by atoms with Crippen LogP contribution in [-0.2, 0) is 16.1 Å². The number of benzene rings is 1.